The van der Waals surface area contributed by atoms with Crippen molar-refractivity contribution in [2.24, 2.45) is 5.10 Å². The summed E-state index contributed by atoms with van der Waals surface area (Å²) in [5.41, 5.74) is 5.43. The topological polar surface area (TPSA) is 50.7 Å². The summed E-state index contributed by atoms with van der Waals surface area (Å²) in [7, 11) is 0. The molecule has 0 aliphatic rings. The number of carbonyl (C=O) groups is 1. The number of nitrogens with zero attached hydrogens (tertiary/aromatic N) is 1. The highest BCUT2D eigenvalue weighted by Gasteiger charge is 2.05. The van der Waals surface area contributed by atoms with Gasteiger partial charge in [0.2, 0.25) is 0 Å². The first kappa shape index (κ1) is 17.2. The Bertz CT molecular complexity index is 699. The van der Waals surface area contributed by atoms with Gasteiger partial charge in [0, 0.05) is 4.47 Å². The SMILES string of the molecule is CCC(=NNC(=O)COc1ccc(Br)c(C)c1)c1ccccc1. The number of hydrogen-bond donors (Lipinski definition) is 1. The van der Waals surface area contributed by atoms with Crippen molar-refractivity contribution in [2.75, 3.05) is 6.61 Å². The molecule has 2 rings (SSSR count). The molecule has 0 saturated heterocycles. The molecular weight excluding hydrogens is 356 g/mol. The summed E-state index contributed by atoms with van der Waals surface area (Å²) in [5.74, 6) is 0.371. The zero-order valence-electron chi connectivity index (χ0n) is 13.2. The van der Waals surface area contributed by atoms with Crippen LogP contribution in [0.4, 0.5) is 0 Å². The van der Waals surface area contributed by atoms with Crippen LogP contribution < -0.4 is 10.2 Å². The number of benzene rings is 2. The van der Waals surface area contributed by atoms with Gasteiger partial charge in [0.15, 0.2) is 6.61 Å². The predicted molar refractivity (Wildman–Crippen MR) is 95.8 cm³/mol. The van der Waals surface area contributed by atoms with Gasteiger partial charge in [0.05, 0.1) is 5.71 Å². The van der Waals surface area contributed by atoms with Gasteiger partial charge in [-0.15, -0.1) is 0 Å². The van der Waals surface area contributed by atoms with Gasteiger partial charge in [-0.1, -0.05) is 53.2 Å². The first-order valence-electron chi connectivity index (χ1n) is 7.40. The Morgan fingerprint density at radius 1 is 1.22 bits per heavy atom. The maximum absolute atomic E-state index is 11.9. The molecule has 0 atom stereocenters. The number of rotatable bonds is 6. The first-order chi connectivity index (χ1) is 11.1. The summed E-state index contributed by atoms with van der Waals surface area (Å²) in [5, 5.41) is 4.19. The molecule has 0 aliphatic heterocycles. The summed E-state index contributed by atoms with van der Waals surface area (Å²) in [6.45, 7) is 3.89. The van der Waals surface area contributed by atoms with Crippen LogP contribution in [0.25, 0.3) is 0 Å². The van der Waals surface area contributed by atoms with Gasteiger partial charge in [-0.2, -0.15) is 5.10 Å². The van der Waals surface area contributed by atoms with Gasteiger partial charge in [0.25, 0.3) is 5.91 Å². The van der Waals surface area contributed by atoms with Crippen LogP contribution in [0.2, 0.25) is 0 Å². The quantitative estimate of drug-likeness (QED) is 0.611. The molecule has 0 heterocycles. The molecular formula is C18H19BrN2O2. The average Bonchev–Trinajstić information content (AvgIpc) is 2.57. The van der Waals surface area contributed by atoms with Crippen LogP contribution in [0.3, 0.4) is 0 Å². The first-order valence-corrected chi connectivity index (χ1v) is 8.19. The second-order valence-electron chi connectivity index (χ2n) is 5.01. The number of halogens is 1. The lowest BCUT2D eigenvalue weighted by Crippen LogP contribution is -2.26. The van der Waals surface area contributed by atoms with E-state index in [4.69, 9.17) is 4.74 Å². The van der Waals surface area contributed by atoms with Crippen LogP contribution in [0.5, 0.6) is 5.75 Å². The van der Waals surface area contributed by atoms with E-state index in [0.717, 1.165) is 27.7 Å². The zero-order chi connectivity index (χ0) is 16.7. The Morgan fingerprint density at radius 2 is 1.96 bits per heavy atom. The fraction of sp³-hybridized carbons (Fsp3) is 0.222. The number of hydrazone groups is 1. The van der Waals surface area contributed by atoms with Crippen molar-refractivity contribution in [1.82, 2.24) is 5.43 Å². The van der Waals surface area contributed by atoms with Crippen molar-refractivity contribution in [3.63, 3.8) is 0 Å². The van der Waals surface area contributed by atoms with E-state index in [1.54, 1.807) is 0 Å². The molecule has 0 radical (unpaired) electrons. The summed E-state index contributed by atoms with van der Waals surface area (Å²) >= 11 is 3.43. The number of ether oxygens (including phenoxy) is 1. The number of amides is 1. The molecule has 1 amide bonds. The van der Waals surface area contributed by atoms with Crippen LogP contribution in [0.15, 0.2) is 58.1 Å². The molecule has 23 heavy (non-hydrogen) atoms. The normalized spacial score (nSPS) is 11.2. The minimum absolute atomic E-state index is 0.0731. The second kappa shape index (κ2) is 8.48. The fourth-order valence-electron chi connectivity index (χ4n) is 2.00. The highest BCUT2D eigenvalue weighted by molar-refractivity contribution is 9.10. The van der Waals surface area contributed by atoms with Crippen molar-refractivity contribution >= 4 is 27.5 Å². The standard InChI is InChI=1S/C18H19BrN2O2/c1-3-17(14-7-5-4-6-8-14)20-21-18(22)12-23-15-9-10-16(19)13(2)11-15/h4-11H,3,12H2,1-2H3,(H,21,22). The molecule has 4 nitrogen and oxygen atoms in total. The largest absolute Gasteiger partial charge is 0.484 e. The monoisotopic (exact) mass is 374 g/mol. The van der Waals surface area contributed by atoms with Crippen molar-refractivity contribution in [3.05, 3.63) is 64.1 Å². The lowest BCUT2D eigenvalue weighted by molar-refractivity contribution is -0.123. The molecule has 2 aromatic rings. The molecule has 0 aromatic heterocycles. The van der Waals surface area contributed by atoms with E-state index in [2.05, 4.69) is 26.5 Å². The third-order valence-corrected chi connectivity index (χ3v) is 4.15. The van der Waals surface area contributed by atoms with E-state index < -0.39 is 0 Å². The van der Waals surface area contributed by atoms with Crippen LogP contribution in [0, 0.1) is 6.92 Å². The molecule has 0 unspecified atom stereocenters. The van der Waals surface area contributed by atoms with Crippen molar-refractivity contribution < 1.29 is 9.53 Å². The van der Waals surface area contributed by atoms with E-state index in [9.17, 15) is 4.79 Å². The molecule has 120 valence electrons. The Morgan fingerprint density at radius 3 is 2.61 bits per heavy atom. The van der Waals surface area contributed by atoms with Crippen LogP contribution in [-0.2, 0) is 4.79 Å². The minimum atomic E-state index is -0.285. The van der Waals surface area contributed by atoms with Crippen molar-refractivity contribution in [3.8, 4) is 5.75 Å². The fourth-order valence-corrected chi connectivity index (χ4v) is 2.24. The predicted octanol–water partition coefficient (Wildman–Crippen LogP) is 4.07. The number of hydrogen-bond acceptors (Lipinski definition) is 3. The lowest BCUT2D eigenvalue weighted by Gasteiger charge is -2.08. The van der Waals surface area contributed by atoms with E-state index in [1.807, 2.05) is 62.4 Å². The molecule has 0 aliphatic carbocycles. The van der Waals surface area contributed by atoms with Crippen LogP contribution >= 0.6 is 15.9 Å². The third-order valence-electron chi connectivity index (χ3n) is 3.26. The molecule has 0 saturated carbocycles. The molecule has 0 bridgehead atoms. The highest BCUT2D eigenvalue weighted by atomic mass is 79.9. The van der Waals surface area contributed by atoms with Crippen molar-refractivity contribution in [2.45, 2.75) is 20.3 Å². The third kappa shape index (κ3) is 5.21. The molecule has 2 aromatic carbocycles. The Hall–Kier alpha value is -2.14. The van der Waals surface area contributed by atoms with Gasteiger partial charge >= 0.3 is 0 Å². The molecule has 1 N–H and O–H groups in total. The minimum Gasteiger partial charge on any atom is -0.484 e. The molecule has 0 fully saturated rings. The van der Waals surface area contributed by atoms with Gasteiger partial charge in [-0.05, 0) is 42.7 Å². The van der Waals surface area contributed by atoms with Crippen molar-refractivity contribution in [1.29, 1.82) is 0 Å². The number of carbonyl (C=O) groups excluding carboxylic acids is 1. The number of aryl methyl sites for hydroxylation is 1. The Balaban J connectivity index is 1.91. The zero-order valence-corrected chi connectivity index (χ0v) is 14.8. The van der Waals surface area contributed by atoms with Gasteiger partial charge < -0.3 is 4.74 Å². The molecule has 0 spiro atoms. The van der Waals surface area contributed by atoms with E-state index in [1.165, 1.54) is 0 Å². The maximum atomic E-state index is 11.9. The number of nitrogens with one attached hydrogen (secondary N) is 1. The Labute approximate surface area is 144 Å². The van der Waals surface area contributed by atoms with E-state index in [0.29, 0.717) is 5.75 Å². The van der Waals surface area contributed by atoms with E-state index >= 15 is 0 Å². The maximum Gasteiger partial charge on any atom is 0.277 e. The molecule has 5 heteroatoms. The van der Waals surface area contributed by atoms with Gasteiger partial charge in [0.1, 0.15) is 5.75 Å². The lowest BCUT2D eigenvalue weighted by atomic mass is 10.1. The Kier molecular flexibility index (Phi) is 6.35. The summed E-state index contributed by atoms with van der Waals surface area (Å²) in [6, 6.07) is 15.4. The highest BCUT2D eigenvalue weighted by Crippen LogP contribution is 2.21. The summed E-state index contributed by atoms with van der Waals surface area (Å²) < 4.78 is 6.48. The van der Waals surface area contributed by atoms with Gasteiger partial charge in [-0.25, -0.2) is 5.43 Å². The second-order valence-corrected chi connectivity index (χ2v) is 5.87. The summed E-state index contributed by atoms with van der Waals surface area (Å²) in [4.78, 5) is 11.9. The summed E-state index contributed by atoms with van der Waals surface area (Å²) in [6.07, 6.45) is 0.733. The van der Waals surface area contributed by atoms with E-state index in [-0.39, 0.29) is 12.5 Å². The smallest absolute Gasteiger partial charge is 0.277 e. The van der Waals surface area contributed by atoms with Crippen LogP contribution in [0.1, 0.15) is 24.5 Å². The van der Waals surface area contributed by atoms with Crippen LogP contribution in [-0.4, -0.2) is 18.2 Å². The average molecular weight is 375 g/mol. The van der Waals surface area contributed by atoms with Gasteiger partial charge in [-0.3, -0.25) is 4.79 Å².